The van der Waals surface area contributed by atoms with Gasteiger partial charge in [-0.2, -0.15) is 5.10 Å². The van der Waals surface area contributed by atoms with E-state index in [-0.39, 0.29) is 22.8 Å². The fourth-order valence-electron chi connectivity index (χ4n) is 2.92. The first-order valence-corrected chi connectivity index (χ1v) is 11.4. The SMILES string of the molecule is CC(=O)Nc1ccc(/C=N\Nc2ccc(S(=O)(=O)Nc3ccccc3C(=O)O)cc2[N+](=O)[O-])cc1. The average Bonchev–Trinajstić information content (AvgIpc) is 2.79. The van der Waals surface area contributed by atoms with Crippen LogP contribution in [0.1, 0.15) is 22.8 Å². The van der Waals surface area contributed by atoms with Crippen LogP contribution in [0.4, 0.5) is 22.7 Å². The molecule has 0 radical (unpaired) electrons. The summed E-state index contributed by atoms with van der Waals surface area (Å²) in [5.74, 6) is -1.55. The largest absolute Gasteiger partial charge is 0.478 e. The van der Waals surface area contributed by atoms with Gasteiger partial charge < -0.3 is 10.4 Å². The molecule has 35 heavy (non-hydrogen) atoms. The quantitative estimate of drug-likeness (QED) is 0.197. The summed E-state index contributed by atoms with van der Waals surface area (Å²) in [6.45, 7) is 1.38. The van der Waals surface area contributed by atoms with Crippen molar-refractivity contribution in [3.8, 4) is 0 Å². The molecule has 0 fully saturated rings. The van der Waals surface area contributed by atoms with Crippen molar-refractivity contribution >= 4 is 50.9 Å². The van der Waals surface area contributed by atoms with E-state index in [0.29, 0.717) is 11.3 Å². The van der Waals surface area contributed by atoms with E-state index in [0.717, 1.165) is 12.1 Å². The van der Waals surface area contributed by atoms with Crippen molar-refractivity contribution in [2.24, 2.45) is 5.10 Å². The molecule has 0 saturated heterocycles. The van der Waals surface area contributed by atoms with Crippen molar-refractivity contribution in [1.82, 2.24) is 0 Å². The third kappa shape index (κ3) is 6.39. The first-order valence-electron chi connectivity index (χ1n) is 9.87. The number of benzene rings is 3. The van der Waals surface area contributed by atoms with Crippen LogP contribution in [0.5, 0.6) is 0 Å². The number of anilines is 3. The molecule has 12 nitrogen and oxygen atoms in total. The van der Waals surface area contributed by atoms with Gasteiger partial charge >= 0.3 is 5.97 Å². The number of para-hydroxylation sites is 1. The lowest BCUT2D eigenvalue weighted by molar-refractivity contribution is -0.384. The standard InChI is InChI=1S/C22H19N5O7S/c1-14(28)24-16-8-6-15(7-9-16)13-23-25-20-11-10-17(12-21(20)27(31)32)35(33,34)26-19-5-3-2-4-18(19)22(29)30/h2-13,25-26H,1H3,(H,24,28)(H,29,30)/b23-13-. The number of nitro groups is 1. The first kappa shape index (κ1) is 24.9. The topological polar surface area (TPSA) is 180 Å². The summed E-state index contributed by atoms with van der Waals surface area (Å²) in [6.07, 6.45) is 1.39. The van der Waals surface area contributed by atoms with Crippen LogP contribution in [-0.4, -0.2) is 36.5 Å². The van der Waals surface area contributed by atoms with E-state index in [1.807, 2.05) is 0 Å². The van der Waals surface area contributed by atoms with Crippen LogP contribution in [0.15, 0.2) is 76.7 Å². The monoisotopic (exact) mass is 497 g/mol. The zero-order chi connectivity index (χ0) is 25.6. The summed E-state index contributed by atoms with van der Waals surface area (Å²) in [6, 6.07) is 15.2. The van der Waals surface area contributed by atoms with Crippen molar-refractivity contribution in [3.63, 3.8) is 0 Å². The summed E-state index contributed by atoms with van der Waals surface area (Å²) >= 11 is 0. The highest BCUT2D eigenvalue weighted by atomic mass is 32.2. The zero-order valence-electron chi connectivity index (χ0n) is 18.1. The Morgan fingerprint density at radius 3 is 2.34 bits per heavy atom. The molecule has 0 unspecified atom stereocenters. The lowest BCUT2D eigenvalue weighted by Gasteiger charge is -2.11. The predicted octanol–water partition coefficient (Wildman–Crippen LogP) is 3.50. The summed E-state index contributed by atoms with van der Waals surface area (Å²) < 4.78 is 27.6. The minimum Gasteiger partial charge on any atom is -0.478 e. The Bertz CT molecular complexity index is 1420. The van der Waals surface area contributed by atoms with Crippen molar-refractivity contribution < 1.29 is 28.0 Å². The number of nitrogens with zero attached hydrogens (tertiary/aromatic N) is 2. The van der Waals surface area contributed by atoms with Gasteiger partial charge in [0.05, 0.1) is 27.3 Å². The normalized spacial score (nSPS) is 11.1. The number of carbonyl (C=O) groups is 2. The second kappa shape index (κ2) is 10.4. The van der Waals surface area contributed by atoms with Gasteiger partial charge in [0.1, 0.15) is 5.69 Å². The molecule has 3 rings (SSSR count). The van der Waals surface area contributed by atoms with Crippen LogP contribution >= 0.6 is 0 Å². The van der Waals surface area contributed by atoms with E-state index < -0.39 is 31.5 Å². The van der Waals surface area contributed by atoms with Crippen molar-refractivity contribution in [2.75, 3.05) is 15.5 Å². The van der Waals surface area contributed by atoms with Gasteiger partial charge in [-0.3, -0.25) is 25.1 Å². The van der Waals surface area contributed by atoms with Crippen LogP contribution in [0.25, 0.3) is 0 Å². The van der Waals surface area contributed by atoms with E-state index in [4.69, 9.17) is 0 Å². The molecular weight excluding hydrogens is 478 g/mol. The maximum atomic E-state index is 12.8. The highest BCUT2D eigenvalue weighted by Gasteiger charge is 2.23. The van der Waals surface area contributed by atoms with Gasteiger partial charge in [0.25, 0.3) is 15.7 Å². The van der Waals surface area contributed by atoms with Crippen molar-refractivity contribution in [3.05, 3.63) is 88.0 Å². The molecule has 0 atom stereocenters. The molecule has 3 aromatic carbocycles. The average molecular weight is 497 g/mol. The number of hydrogen-bond acceptors (Lipinski definition) is 8. The zero-order valence-corrected chi connectivity index (χ0v) is 18.9. The number of aromatic carboxylic acids is 1. The molecule has 0 aliphatic heterocycles. The van der Waals surface area contributed by atoms with E-state index in [1.54, 1.807) is 24.3 Å². The van der Waals surface area contributed by atoms with E-state index in [2.05, 4.69) is 20.6 Å². The molecule has 13 heteroatoms. The molecule has 180 valence electrons. The molecule has 1 amide bonds. The van der Waals surface area contributed by atoms with Gasteiger partial charge in [0.2, 0.25) is 5.91 Å². The number of sulfonamides is 1. The first-order chi connectivity index (χ1) is 16.6. The fourth-order valence-corrected chi connectivity index (χ4v) is 4.02. The molecule has 0 spiro atoms. The Labute approximate surface area is 199 Å². The summed E-state index contributed by atoms with van der Waals surface area (Å²) in [7, 11) is -4.33. The van der Waals surface area contributed by atoms with Crippen LogP contribution in [0.2, 0.25) is 0 Å². The summed E-state index contributed by atoms with van der Waals surface area (Å²) in [5.41, 5.74) is 2.66. The number of amides is 1. The fraction of sp³-hybridized carbons (Fsp3) is 0.0455. The molecule has 0 saturated carbocycles. The van der Waals surface area contributed by atoms with Gasteiger partial charge in [0.15, 0.2) is 0 Å². The summed E-state index contributed by atoms with van der Waals surface area (Å²) in [4.78, 5) is 32.7. The maximum absolute atomic E-state index is 12.8. The van der Waals surface area contributed by atoms with Gasteiger partial charge in [0, 0.05) is 18.7 Å². The predicted molar refractivity (Wildman–Crippen MR) is 129 cm³/mol. The second-order valence-electron chi connectivity index (χ2n) is 7.07. The Balaban J connectivity index is 1.81. The van der Waals surface area contributed by atoms with Crippen molar-refractivity contribution in [1.29, 1.82) is 0 Å². The van der Waals surface area contributed by atoms with Crippen LogP contribution < -0.4 is 15.5 Å². The van der Waals surface area contributed by atoms with Crippen LogP contribution in [0.3, 0.4) is 0 Å². The number of nitro benzene ring substituents is 1. The number of rotatable bonds is 9. The molecule has 0 aliphatic rings. The Morgan fingerprint density at radius 1 is 1.03 bits per heavy atom. The van der Waals surface area contributed by atoms with Gasteiger partial charge in [-0.1, -0.05) is 24.3 Å². The van der Waals surface area contributed by atoms with E-state index in [1.165, 1.54) is 43.5 Å². The number of carboxylic acids is 1. The minimum absolute atomic E-state index is 0.0639. The number of hydrogen-bond donors (Lipinski definition) is 4. The molecular formula is C22H19N5O7S. The second-order valence-corrected chi connectivity index (χ2v) is 8.75. The number of carboxylic acid groups (broad SMARTS) is 1. The van der Waals surface area contributed by atoms with Crippen LogP contribution in [-0.2, 0) is 14.8 Å². The molecule has 0 bridgehead atoms. The highest BCUT2D eigenvalue weighted by Crippen LogP contribution is 2.29. The number of carbonyl (C=O) groups excluding carboxylic acids is 1. The molecule has 3 aromatic rings. The van der Waals surface area contributed by atoms with E-state index in [9.17, 15) is 33.2 Å². The third-order valence-electron chi connectivity index (χ3n) is 4.51. The minimum atomic E-state index is -4.33. The number of hydrazone groups is 1. The summed E-state index contributed by atoms with van der Waals surface area (Å²) in [5, 5.41) is 27.3. The molecule has 0 aromatic heterocycles. The Hall–Kier alpha value is -4.78. The Morgan fingerprint density at radius 2 is 1.71 bits per heavy atom. The van der Waals surface area contributed by atoms with Gasteiger partial charge in [-0.25, -0.2) is 13.2 Å². The third-order valence-corrected chi connectivity index (χ3v) is 5.87. The number of nitrogens with one attached hydrogen (secondary N) is 3. The molecule has 4 N–H and O–H groups in total. The van der Waals surface area contributed by atoms with E-state index >= 15 is 0 Å². The molecule has 0 aliphatic carbocycles. The Kier molecular flexibility index (Phi) is 7.41. The van der Waals surface area contributed by atoms with Gasteiger partial charge in [-0.15, -0.1) is 0 Å². The van der Waals surface area contributed by atoms with Crippen molar-refractivity contribution in [2.45, 2.75) is 11.8 Å². The van der Waals surface area contributed by atoms with Gasteiger partial charge in [-0.05, 0) is 42.0 Å². The smallest absolute Gasteiger partial charge is 0.337 e. The lowest BCUT2D eigenvalue weighted by Crippen LogP contribution is -2.16. The highest BCUT2D eigenvalue weighted by molar-refractivity contribution is 7.92. The molecule has 0 heterocycles. The maximum Gasteiger partial charge on any atom is 0.337 e. The lowest BCUT2D eigenvalue weighted by atomic mass is 10.2. The van der Waals surface area contributed by atoms with Crippen LogP contribution in [0, 0.1) is 10.1 Å².